The van der Waals surface area contributed by atoms with Crippen LogP contribution in [0.25, 0.3) is 0 Å². The Labute approximate surface area is 233 Å². The first-order chi connectivity index (χ1) is 18.9. The van der Waals surface area contributed by atoms with Crippen molar-refractivity contribution >= 4 is 16.3 Å². The molecule has 0 spiro atoms. The molecule has 7 heteroatoms. The fraction of sp³-hybridized carbons (Fsp3) is 0.594. The standard InChI is InChI=1S/C32H42O6S/c33-32(38-31(39(34,35)36)26-19-11-4-12-20-26)37-30-28(24-15-7-2-8-16-24)21-27(23-13-5-1-6-14-23)22-29(30)25-17-9-3-10-18-25/h4,11-12,19-25,31H,1-3,5-10,13-18H2,(H,34,35,36). The number of ether oxygens (including phenoxy) is 2. The van der Waals surface area contributed by atoms with Gasteiger partial charge in [-0.05, 0) is 73.0 Å². The molecule has 0 aliphatic heterocycles. The molecule has 0 saturated heterocycles. The third-order valence-electron chi connectivity index (χ3n) is 9.07. The smallest absolute Gasteiger partial charge is 0.407 e. The molecule has 3 aliphatic carbocycles. The summed E-state index contributed by atoms with van der Waals surface area (Å²) in [5, 5.41) is 0. The molecule has 5 rings (SSSR count). The van der Waals surface area contributed by atoms with Gasteiger partial charge in [-0.15, -0.1) is 0 Å². The lowest BCUT2D eigenvalue weighted by Gasteiger charge is -2.31. The van der Waals surface area contributed by atoms with Crippen LogP contribution in [0.5, 0.6) is 5.75 Å². The largest absolute Gasteiger partial charge is 0.515 e. The van der Waals surface area contributed by atoms with Gasteiger partial charge in [-0.3, -0.25) is 4.55 Å². The number of benzene rings is 2. The van der Waals surface area contributed by atoms with E-state index in [4.69, 9.17) is 9.47 Å². The number of rotatable bonds is 7. The van der Waals surface area contributed by atoms with Gasteiger partial charge in [0.15, 0.2) is 0 Å². The van der Waals surface area contributed by atoms with Gasteiger partial charge >= 0.3 is 16.3 Å². The zero-order chi connectivity index (χ0) is 27.2. The van der Waals surface area contributed by atoms with Crippen molar-refractivity contribution in [1.82, 2.24) is 0 Å². The van der Waals surface area contributed by atoms with E-state index in [1.807, 2.05) is 0 Å². The zero-order valence-electron chi connectivity index (χ0n) is 22.9. The molecule has 0 amide bonds. The maximum atomic E-state index is 13.3. The third kappa shape index (κ3) is 7.04. The Morgan fingerprint density at radius 1 is 0.718 bits per heavy atom. The molecule has 0 bridgehead atoms. The molecule has 3 aliphatic rings. The fourth-order valence-electron chi connectivity index (χ4n) is 7.03. The normalized spacial score (nSPS) is 20.8. The summed E-state index contributed by atoms with van der Waals surface area (Å²) in [6, 6.07) is 12.6. The predicted molar refractivity (Wildman–Crippen MR) is 152 cm³/mol. The van der Waals surface area contributed by atoms with Gasteiger partial charge in [0.2, 0.25) is 0 Å². The molecule has 0 heterocycles. The molecule has 0 aromatic heterocycles. The minimum atomic E-state index is -4.71. The van der Waals surface area contributed by atoms with Gasteiger partial charge in [-0.25, -0.2) is 4.79 Å². The quantitative estimate of drug-likeness (QED) is 0.209. The van der Waals surface area contributed by atoms with Crippen molar-refractivity contribution in [2.45, 2.75) is 120 Å². The van der Waals surface area contributed by atoms with Gasteiger partial charge in [0, 0.05) is 5.56 Å². The molecule has 2 aromatic rings. The maximum absolute atomic E-state index is 13.3. The number of hydrogen-bond donors (Lipinski definition) is 1. The zero-order valence-corrected chi connectivity index (χ0v) is 23.7. The van der Waals surface area contributed by atoms with Crippen molar-refractivity contribution in [3.05, 3.63) is 64.7 Å². The van der Waals surface area contributed by atoms with Crippen LogP contribution in [0, 0.1) is 0 Å². The summed E-state index contributed by atoms with van der Waals surface area (Å²) in [6.45, 7) is 0. The topological polar surface area (TPSA) is 89.9 Å². The van der Waals surface area contributed by atoms with E-state index in [0.717, 1.165) is 62.5 Å². The second kappa shape index (κ2) is 12.9. The van der Waals surface area contributed by atoms with Crippen LogP contribution < -0.4 is 4.74 Å². The van der Waals surface area contributed by atoms with Crippen LogP contribution in [-0.4, -0.2) is 19.1 Å². The average molecular weight is 555 g/mol. The van der Waals surface area contributed by atoms with E-state index in [1.165, 1.54) is 62.6 Å². The van der Waals surface area contributed by atoms with E-state index in [0.29, 0.717) is 23.5 Å². The van der Waals surface area contributed by atoms with E-state index in [2.05, 4.69) is 12.1 Å². The Morgan fingerprint density at radius 3 is 1.64 bits per heavy atom. The van der Waals surface area contributed by atoms with Gasteiger partial charge in [-0.1, -0.05) is 100 Å². The highest BCUT2D eigenvalue weighted by Gasteiger charge is 2.33. The second-order valence-electron chi connectivity index (χ2n) is 11.8. The Hall–Kier alpha value is -2.38. The van der Waals surface area contributed by atoms with Gasteiger partial charge in [0.05, 0.1) is 0 Å². The fourth-order valence-corrected chi connectivity index (χ4v) is 7.73. The summed E-state index contributed by atoms with van der Waals surface area (Å²) >= 11 is 0. The summed E-state index contributed by atoms with van der Waals surface area (Å²) in [5.41, 5.74) is 1.86. The molecule has 39 heavy (non-hydrogen) atoms. The van der Waals surface area contributed by atoms with Crippen LogP contribution >= 0.6 is 0 Å². The summed E-state index contributed by atoms with van der Waals surface area (Å²) in [6.07, 6.45) is 16.4. The average Bonchev–Trinajstić information content (AvgIpc) is 2.97. The van der Waals surface area contributed by atoms with Crippen molar-refractivity contribution in [3.63, 3.8) is 0 Å². The molecule has 6 nitrogen and oxygen atoms in total. The third-order valence-corrected chi connectivity index (χ3v) is 9.98. The minimum Gasteiger partial charge on any atom is -0.407 e. The van der Waals surface area contributed by atoms with Crippen molar-refractivity contribution in [2.75, 3.05) is 0 Å². The van der Waals surface area contributed by atoms with Crippen LogP contribution in [0.1, 0.15) is 142 Å². The van der Waals surface area contributed by atoms with Gasteiger partial charge in [0.25, 0.3) is 5.44 Å². The Kier molecular flexibility index (Phi) is 9.28. The van der Waals surface area contributed by atoms with Crippen molar-refractivity contribution in [2.24, 2.45) is 0 Å². The molecular weight excluding hydrogens is 512 g/mol. The molecule has 1 atom stereocenters. The van der Waals surface area contributed by atoms with E-state index >= 15 is 0 Å². The monoisotopic (exact) mass is 554 g/mol. The highest BCUT2D eigenvalue weighted by molar-refractivity contribution is 7.85. The molecule has 3 saturated carbocycles. The number of carbonyl (C=O) groups excluding carboxylic acids is 1. The SMILES string of the molecule is O=C(Oc1c(C2CCCCC2)cc(C2CCCCC2)cc1C1CCCCC1)OC(c1ccccc1)S(=O)(=O)O. The van der Waals surface area contributed by atoms with Crippen LogP contribution in [0.3, 0.4) is 0 Å². The number of hydrogen-bond acceptors (Lipinski definition) is 5. The van der Waals surface area contributed by atoms with Crippen LogP contribution in [0.2, 0.25) is 0 Å². The molecule has 1 N–H and O–H groups in total. The maximum Gasteiger partial charge on any atom is 0.515 e. The van der Waals surface area contributed by atoms with Gasteiger partial charge in [0.1, 0.15) is 5.75 Å². The van der Waals surface area contributed by atoms with Crippen LogP contribution in [-0.2, 0) is 14.9 Å². The summed E-state index contributed by atoms with van der Waals surface area (Å²) < 4.78 is 45.6. The molecule has 212 valence electrons. The molecule has 1 unspecified atom stereocenters. The first-order valence-corrected chi connectivity index (χ1v) is 16.5. The van der Waals surface area contributed by atoms with E-state index in [-0.39, 0.29) is 5.56 Å². The van der Waals surface area contributed by atoms with Crippen LogP contribution in [0.4, 0.5) is 4.79 Å². The second-order valence-corrected chi connectivity index (χ2v) is 13.2. The number of carbonyl (C=O) groups is 1. The first kappa shape index (κ1) is 28.2. The van der Waals surface area contributed by atoms with Crippen molar-refractivity contribution < 1.29 is 27.2 Å². The van der Waals surface area contributed by atoms with Crippen molar-refractivity contribution in [1.29, 1.82) is 0 Å². The Bertz CT molecular complexity index is 1170. The van der Waals surface area contributed by atoms with E-state index in [1.54, 1.807) is 18.2 Å². The highest BCUT2D eigenvalue weighted by atomic mass is 32.2. The molecule has 3 fully saturated rings. The lowest BCUT2D eigenvalue weighted by Crippen LogP contribution is -2.23. The van der Waals surface area contributed by atoms with Gasteiger partial charge in [-0.2, -0.15) is 8.42 Å². The molecule has 2 aromatic carbocycles. The molecular formula is C32H42O6S. The predicted octanol–water partition coefficient (Wildman–Crippen LogP) is 8.93. The Balaban J connectivity index is 1.53. The van der Waals surface area contributed by atoms with Crippen LogP contribution in [0.15, 0.2) is 42.5 Å². The summed E-state index contributed by atoms with van der Waals surface area (Å²) in [7, 11) is -4.71. The summed E-state index contributed by atoms with van der Waals surface area (Å²) in [4.78, 5) is 13.3. The summed E-state index contributed by atoms with van der Waals surface area (Å²) in [5.74, 6) is 1.71. The van der Waals surface area contributed by atoms with E-state index in [9.17, 15) is 17.8 Å². The molecule has 0 radical (unpaired) electrons. The van der Waals surface area contributed by atoms with Crippen molar-refractivity contribution in [3.8, 4) is 5.75 Å². The first-order valence-electron chi connectivity index (χ1n) is 15.0. The lowest BCUT2D eigenvalue weighted by molar-refractivity contribution is 0.0818. The van der Waals surface area contributed by atoms with Gasteiger partial charge < -0.3 is 9.47 Å². The lowest BCUT2D eigenvalue weighted by atomic mass is 9.75. The Morgan fingerprint density at radius 2 is 1.18 bits per heavy atom. The minimum absolute atomic E-state index is 0.171. The van der Waals surface area contributed by atoms with E-state index < -0.39 is 21.7 Å². The highest BCUT2D eigenvalue weighted by Crippen LogP contribution is 2.47.